The highest BCUT2D eigenvalue weighted by Crippen LogP contribution is 2.41. The monoisotopic (exact) mass is 216 g/mol. The van der Waals surface area contributed by atoms with Crippen molar-refractivity contribution in [2.45, 2.75) is 51.9 Å². The van der Waals surface area contributed by atoms with Gasteiger partial charge in [0.2, 0.25) is 0 Å². The highest BCUT2D eigenvalue weighted by atomic mass is 14.3. The Bertz CT molecular complexity index is 301. The van der Waals surface area contributed by atoms with E-state index in [1.54, 1.807) is 5.56 Å². The van der Waals surface area contributed by atoms with Crippen molar-refractivity contribution < 1.29 is 0 Å². The number of rotatable bonds is 3. The van der Waals surface area contributed by atoms with E-state index in [-0.39, 0.29) is 0 Å². The maximum absolute atomic E-state index is 2.44. The first-order valence-corrected chi connectivity index (χ1v) is 6.86. The van der Waals surface area contributed by atoms with Crippen LogP contribution in [-0.2, 0) is 0 Å². The van der Waals surface area contributed by atoms with Crippen molar-refractivity contribution in [1.82, 2.24) is 0 Å². The van der Waals surface area contributed by atoms with E-state index < -0.39 is 0 Å². The van der Waals surface area contributed by atoms with E-state index in [1.807, 2.05) is 0 Å². The largest absolute Gasteiger partial charge is 0.0654 e. The second-order valence-electron chi connectivity index (χ2n) is 5.46. The molecule has 0 heteroatoms. The van der Waals surface area contributed by atoms with Gasteiger partial charge in [-0.3, -0.25) is 0 Å². The highest BCUT2D eigenvalue weighted by molar-refractivity contribution is 5.20. The van der Waals surface area contributed by atoms with Crippen LogP contribution in [0.2, 0.25) is 0 Å². The lowest BCUT2D eigenvalue weighted by atomic mass is 9.71. The fourth-order valence-corrected chi connectivity index (χ4v) is 3.37. The van der Waals surface area contributed by atoms with Crippen LogP contribution in [0.5, 0.6) is 0 Å². The minimum absolute atomic E-state index is 0.814. The van der Waals surface area contributed by atoms with Crippen LogP contribution in [0.25, 0.3) is 0 Å². The molecule has 0 aliphatic heterocycles. The van der Waals surface area contributed by atoms with Crippen LogP contribution < -0.4 is 0 Å². The van der Waals surface area contributed by atoms with Crippen molar-refractivity contribution >= 4 is 0 Å². The van der Waals surface area contributed by atoms with E-state index in [1.165, 1.54) is 32.1 Å². The van der Waals surface area contributed by atoms with Crippen molar-refractivity contribution in [2.24, 2.45) is 11.8 Å². The van der Waals surface area contributed by atoms with Crippen LogP contribution in [0.3, 0.4) is 0 Å². The molecule has 0 N–H and O–H groups in total. The van der Waals surface area contributed by atoms with E-state index in [0.717, 1.165) is 17.8 Å². The van der Waals surface area contributed by atoms with Gasteiger partial charge in [-0.2, -0.15) is 0 Å². The predicted octanol–water partition coefficient (Wildman–Crippen LogP) is 5.01. The number of benzene rings is 1. The molecule has 88 valence electrons. The van der Waals surface area contributed by atoms with E-state index in [0.29, 0.717) is 0 Å². The Balaban J connectivity index is 1.99. The molecule has 0 heterocycles. The smallest absolute Gasteiger partial charge is 0.0136 e. The minimum atomic E-state index is 0.814. The van der Waals surface area contributed by atoms with Crippen molar-refractivity contribution in [1.29, 1.82) is 0 Å². The second kappa shape index (κ2) is 5.52. The number of hydrogen-bond acceptors (Lipinski definition) is 0. The summed E-state index contributed by atoms with van der Waals surface area (Å²) in [6.07, 6.45) is 7.07. The Kier molecular flexibility index (Phi) is 4.04. The fourth-order valence-electron chi connectivity index (χ4n) is 3.37. The van der Waals surface area contributed by atoms with Gasteiger partial charge in [0.05, 0.1) is 0 Å². The molecule has 0 spiro atoms. The maximum atomic E-state index is 2.44. The standard InChI is InChI=1S/C16H24/c1-3-7-14-10-11-16(13(2)12-14)15-8-5-4-6-9-15/h4-6,8-9,13-14,16H,3,7,10-12H2,1-2H3. The second-order valence-corrected chi connectivity index (χ2v) is 5.46. The first-order valence-electron chi connectivity index (χ1n) is 6.86. The SMILES string of the molecule is CCCC1CCC(c2ccccc2)C(C)C1. The molecule has 1 saturated carbocycles. The molecular formula is C16H24. The maximum Gasteiger partial charge on any atom is -0.0136 e. The Morgan fingerprint density at radius 3 is 2.50 bits per heavy atom. The summed E-state index contributed by atoms with van der Waals surface area (Å²) >= 11 is 0. The molecule has 0 amide bonds. The summed E-state index contributed by atoms with van der Waals surface area (Å²) in [4.78, 5) is 0. The van der Waals surface area contributed by atoms with Crippen LogP contribution in [0, 0.1) is 11.8 Å². The van der Waals surface area contributed by atoms with Gasteiger partial charge < -0.3 is 0 Å². The van der Waals surface area contributed by atoms with Gasteiger partial charge >= 0.3 is 0 Å². The molecule has 0 bridgehead atoms. The molecule has 0 nitrogen and oxygen atoms in total. The molecule has 3 atom stereocenters. The number of hydrogen-bond donors (Lipinski definition) is 0. The summed E-state index contributed by atoms with van der Waals surface area (Å²) in [5.41, 5.74) is 1.56. The van der Waals surface area contributed by atoms with Crippen LogP contribution in [0.4, 0.5) is 0 Å². The van der Waals surface area contributed by atoms with E-state index >= 15 is 0 Å². The lowest BCUT2D eigenvalue weighted by Gasteiger charge is -2.34. The molecule has 1 aliphatic carbocycles. The molecule has 3 unspecified atom stereocenters. The Morgan fingerprint density at radius 2 is 1.88 bits per heavy atom. The van der Waals surface area contributed by atoms with Gasteiger partial charge in [0.25, 0.3) is 0 Å². The lowest BCUT2D eigenvalue weighted by Crippen LogP contribution is -2.21. The van der Waals surface area contributed by atoms with Crippen LogP contribution in [0.15, 0.2) is 30.3 Å². The predicted molar refractivity (Wildman–Crippen MR) is 70.6 cm³/mol. The Labute approximate surface area is 100 Å². The summed E-state index contributed by atoms with van der Waals surface area (Å²) in [6.45, 7) is 4.76. The molecule has 1 aliphatic rings. The zero-order valence-electron chi connectivity index (χ0n) is 10.7. The van der Waals surface area contributed by atoms with E-state index in [9.17, 15) is 0 Å². The Hall–Kier alpha value is -0.780. The summed E-state index contributed by atoms with van der Waals surface area (Å²) in [5, 5.41) is 0. The van der Waals surface area contributed by atoms with Crippen LogP contribution in [-0.4, -0.2) is 0 Å². The third kappa shape index (κ3) is 2.66. The zero-order chi connectivity index (χ0) is 11.4. The van der Waals surface area contributed by atoms with Crippen LogP contribution in [0.1, 0.15) is 57.4 Å². The van der Waals surface area contributed by atoms with Gasteiger partial charge in [0.15, 0.2) is 0 Å². The average Bonchev–Trinajstić information content (AvgIpc) is 2.31. The normalized spacial score (nSPS) is 30.2. The van der Waals surface area contributed by atoms with Gasteiger partial charge in [0.1, 0.15) is 0 Å². The summed E-state index contributed by atoms with van der Waals surface area (Å²) < 4.78 is 0. The van der Waals surface area contributed by atoms with E-state index in [4.69, 9.17) is 0 Å². The third-order valence-electron chi connectivity index (χ3n) is 4.20. The molecule has 16 heavy (non-hydrogen) atoms. The first-order chi connectivity index (χ1) is 7.81. The highest BCUT2D eigenvalue weighted by Gasteiger charge is 2.27. The van der Waals surface area contributed by atoms with Gasteiger partial charge in [-0.05, 0) is 42.6 Å². The molecule has 0 saturated heterocycles. The fraction of sp³-hybridized carbons (Fsp3) is 0.625. The van der Waals surface area contributed by atoms with Crippen molar-refractivity contribution in [3.05, 3.63) is 35.9 Å². The van der Waals surface area contributed by atoms with Crippen molar-refractivity contribution in [3.63, 3.8) is 0 Å². The van der Waals surface area contributed by atoms with Crippen LogP contribution >= 0.6 is 0 Å². The molecule has 2 rings (SSSR count). The molecular weight excluding hydrogens is 192 g/mol. The van der Waals surface area contributed by atoms with Gasteiger partial charge in [-0.15, -0.1) is 0 Å². The third-order valence-corrected chi connectivity index (χ3v) is 4.20. The van der Waals surface area contributed by atoms with E-state index in [2.05, 4.69) is 44.2 Å². The summed E-state index contributed by atoms with van der Waals surface area (Å²) in [5.74, 6) is 2.68. The van der Waals surface area contributed by atoms with Gasteiger partial charge in [-0.1, -0.05) is 57.0 Å². The molecule has 1 aromatic rings. The lowest BCUT2D eigenvalue weighted by molar-refractivity contribution is 0.235. The topological polar surface area (TPSA) is 0 Å². The van der Waals surface area contributed by atoms with Gasteiger partial charge in [-0.25, -0.2) is 0 Å². The molecule has 1 aromatic carbocycles. The zero-order valence-corrected chi connectivity index (χ0v) is 10.7. The Morgan fingerprint density at radius 1 is 1.12 bits per heavy atom. The van der Waals surface area contributed by atoms with Crippen molar-refractivity contribution in [2.75, 3.05) is 0 Å². The quantitative estimate of drug-likeness (QED) is 0.666. The molecule has 0 aromatic heterocycles. The summed E-state index contributed by atoms with van der Waals surface area (Å²) in [6, 6.07) is 11.1. The minimum Gasteiger partial charge on any atom is -0.0654 e. The van der Waals surface area contributed by atoms with Crippen molar-refractivity contribution in [3.8, 4) is 0 Å². The van der Waals surface area contributed by atoms with Gasteiger partial charge in [0, 0.05) is 0 Å². The summed E-state index contributed by atoms with van der Waals surface area (Å²) in [7, 11) is 0. The molecule has 0 radical (unpaired) electrons. The molecule has 1 fully saturated rings. The average molecular weight is 216 g/mol. The first kappa shape index (κ1) is 11.7.